The van der Waals surface area contributed by atoms with Crippen molar-refractivity contribution in [3.63, 3.8) is 0 Å². The number of hydrogen-bond acceptors (Lipinski definition) is 3. The van der Waals surface area contributed by atoms with Gasteiger partial charge in [0.05, 0.1) is 12.7 Å². The minimum atomic E-state index is -0.235. The second kappa shape index (κ2) is 7.11. The zero-order chi connectivity index (χ0) is 16.2. The van der Waals surface area contributed by atoms with Crippen molar-refractivity contribution < 1.29 is 9.53 Å². The van der Waals surface area contributed by atoms with Crippen LogP contribution in [0.2, 0.25) is 0 Å². The number of nitrogens with zero attached hydrogens (tertiary/aromatic N) is 1. The molecule has 1 fully saturated rings. The van der Waals surface area contributed by atoms with Crippen LogP contribution in [0.3, 0.4) is 0 Å². The van der Waals surface area contributed by atoms with Gasteiger partial charge in [-0.1, -0.05) is 42.5 Å². The van der Waals surface area contributed by atoms with Crippen LogP contribution in [0.4, 0.5) is 0 Å². The standard InChI is InChI=1S/C19H24N2O2/c1-14-18(20-11-13-23-14)19(22)21(2)12-10-16-8-5-7-15-6-3-4-9-17(15)16/h3-9,14,18,20H,10-13H2,1-2H3/t14-,18+/m1/s1. The van der Waals surface area contributed by atoms with Crippen molar-refractivity contribution in [3.8, 4) is 0 Å². The van der Waals surface area contributed by atoms with Gasteiger partial charge < -0.3 is 15.0 Å². The Morgan fingerprint density at radius 2 is 2.04 bits per heavy atom. The Balaban J connectivity index is 1.66. The number of carbonyl (C=O) groups excluding carboxylic acids is 1. The number of benzene rings is 2. The maximum absolute atomic E-state index is 12.6. The highest BCUT2D eigenvalue weighted by Gasteiger charge is 2.30. The first-order valence-electron chi connectivity index (χ1n) is 8.23. The maximum Gasteiger partial charge on any atom is 0.242 e. The largest absolute Gasteiger partial charge is 0.375 e. The molecule has 0 aliphatic carbocycles. The second-order valence-corrected chi connectivity index (χ2v) is 6.16. The Labute approximate surface area is 137 Å². The molecule has 2 aromatic rings. The fraction of sp³-hybridized carbons (Fsp3) is 0.421. The molecule has 1 N–H and O–H groups in total. The Kier molecular flexibility index (Phi) is 4.94. The first-order valence-corrected chi connectivity index (χ1v) is 8.23. The Hall–Kier alpha value is -1.91. The van der Waals surface area contributed by atoms with E-state index in [0.717, 1.165) is 13.0 Å². The molecular formula is C19H24N2O2. The van der Waals surface area contributed by atoms with Gasteiger partial charge in [0.25, 0.3) is 0 Å². The van der Waals surface area contributed by atoms with Crippen molar-refractivity contribution >= 4 is 16.7 Å². The lowest BCUT2D eigenvalue weighted by Crippen LogP contribution is -2.55. The average Bonchev–Trinajstić information content (AvgIpc) is 2.59. The third kappa shape index (κ3) is 3.54. The lowest BCUT2D eigenvalue weighted by molar-refractivity contribution is -0.138. The molecule has 23 heavy (non-hydrogen) atoms. The molecule has 2 atom stereocenters. The fourth-order valence-corrected chi connectivity index (χ4v) is 3.16. The molecule has 0 radical (unpaired) electrons. The van der Waals surface area contributed by atoms with E-state index >= 15 is 0 Å². The SMILES string of the molecule is C[C@H]1OCCN[C@@H]1C(=O)N(C)CCc1cccc2ccccc12. The van der Waals surface area contributed by atoms with Gasteiger partial charge in [-0.15, -0.1) is 0 Å². The van der Waals surface area contributed by atoms with Gasteiger partial charge in [0.15, 0.2) is 0 Å². The molecule has 2 aromatic carbocycles. The molecule has 4 heteroatoms. The molecule has 0 unspecified atom stereocenters. The van der Waals surface area contributed by atoms with Crippen molar-refractivity contribution in [3.05, 3.63) is 48.0 Å². The third-order valence-electron chi connectivity index (χ3n) is 4.56. The lowest BCUT2D eigenvalue weighted by atomic mass is 10.0. The molecule has 1 heterocycles. The van der Waals surface area contributed by atoms with Crippen LogP contribution in [-0.2, 0) is 16.0 Å². The summed E-state index contributed by atoms with van der Waals surface area (Å²) in [7, 11) is 1.87. The smallest absolute Gasteiger partial charge is 0.242 e. The van der Waals surface area contributed by atoms with Gasteiger partial charge in [0.1, 0.15) is 6.04 Å². The Bertz CT molecular complexity index is 681. The third-order valence-corrected chi connectivity index (χ3v) is 4.56. The normalized spacial score (nSPS) is 21.3. The summed E-state index contributed by atoms with van der Waals surface area (Å²) in [6, 6.07) is 14.5. The number of rotatable bonds is 4. The van der Waals surface area contributed by atoms with Crippen molar-refractivity contribution in [2.24, 2.45) is 0 Å². The zero-order valence-corrected chi connectivity index (χ0v) is 13.8. The highest BCUT2D eigenvalue weighted by Crippen LogP contribution is 2.19. The topological polar surface area (TPSA) is 41.6 Å². The molecule has 0 spiro atoms. The molecule has 1 aliphatic rings. The number of nitrogens with one attached hydrogen (secondary N) is 1. The molecular weight excluding hydrogens is 288 g/mol. The summed E-state index contributed by atoms with van der Waals surface area (Å²) < 4.78 is 5.57. The summed E-state index contributed by atoms with van der Waals surface area (Å²) >= 11 is 0. The van der Waals surface area contributed by atoms with E-state index in [9.17, 15) is 4.79 Å². The van der Waals surface area contributed by atoms with Crippen molar-refractivity contribution in [2.45, 2.75) is 25.5 Å². The van der Waals surface area contributed by atoms with Gasteiger partial charge >= 0.3 is 0 Å². The van der Waals surface area contributed by atoms with Gasteiger partial charge in [-0.3, -0.25) is 4.79 Å². The summed E-state index contributed by atoms with van der Waals surface area (Å²) in [5.41, 5.74) is 1.28. The van der Waals surface area contributed by atoms with Gasteiger partial charge in [0.2, 0.25) is 5.91 Å². The van der Waals surface area contributed by atoms with E-state index in [1.807, 2.05) is 18.9 Å². The number of hydrogen-bond donors (Lipinski definition) is 1. The number of likely N-dealkylation sites (N-methyl/N-ethyl adjacent to an activating group) is 1. The summed E-state index contributed by atoms with van der Waals surface area (Å²) in [6.45, 7) is 4.06. The Morgan fingerprint density at radius 1 is 1.26 bits per heavy atom. The summed E-state index contributed by atoms with van der Waals surface area (Å²) in [4.78, 5) is 14.4. The van der Waals surface area contributed by atoms with E-state index in [4.69, 9.17) is 4.74 Å². The molecule has 1 amide bonds. The Morgan fingerprint density at radius 3 is 2.87 bits per heavy atom. The van der Waals surface area contributed by atoms with E-state index in [2.05, 4.69) is 47.8 Å². The predicted molar refractivity (Wildman–Crippen MR) is 92.5 cm³/mol. The molecule has 1 aliphatic heterocycles. The fourth-order valence-electron chi connectivity index (χ4n) is 3.16. The van der Waals surface area contributed by atoms with Crippen LogP contribution in [0.25, 0.3) is 10.8 Å². The molecule has 0 saturated carbocycles. The van der Waals surface area contributed by atoms with Gasteiger partial charge in [-0.2, -0.15) is 0 Å². The van der Waals surface area contributed by atoms with Crippen molar-refractivity contribution in [1.82, 2.24) is 10.2 Å². The number of fused-ring (bicyclic) bond motifs is 1. The summed E-state index contributed by atoms with van der Waals surface area (Å²) in [5.74, 6) is 0.109. The quantitative estimate of drug-likeness (QED) is 0.941. The highest BCUT2D eigenvalue weighted by molar-refractivity contribution is 5.86. The van der Waals surface area contributed by atoms with Crippen molar-refractivity contribution in [2.75, 3.05) is 26.7 Å². The zero-order valence-electron chi connectivity index (χ0n) is 13.8. The van der Waals surface area contributed by atoms with Crippen LogP contribution >= 0.6 is 0 Å². The van der Waals surface area contributed by atoms with Gasteiger partial charge in [0, 0.05) is 20.1 Å². The predicted octanol–water partition coefficient (Wildman–Crippen LogP) is 2.22. The molecule has 122 valence electrons. The minimum Gasteiger partial charge on any atom is -0.375 e. The van der Waals surface area contributed by atoms with Gasteiger partial charge in [-0.25, -0.2) is 0 Å². The van der Waals surface area contributed by atoms with Crippen LogP contribution < -0.4 is 5.32 Å². The van der Waals surface area contributed by atoms with Crippen LogP contribution in [0.15, 0.2) is 42.5 Å². The van der Waals surface area contributed by atoms with Crippen LogP contribution in [0.5, 0.6) is 0 Å². The maximum atomic E-state index is 12.6. The summed E-state index contributed by atoms with van der Waals surface area (Å²) in [6.07, 6.45) is 0.780. The second-order valence-electron chi connectivity index (χ2n) is 6.16. The lowest BCUT2D eigenvalue weighted by Gasteiger charge is -2.32. The highest BCUT2D eigenvalue weighted by atomic mass is 16.5. The number of carbonyl (C=O) groups is 1. The molecule has 0 bridgehead atoms. The van der Waals surface area contributed by atoms with Crippen LogP contribution in [-0.4, -0.2) is 49.7 Å². The molecule has 4 nitrogen and oxygen atoms in total. The molecule has 1 saturated heterocycles. The average molecular weight is 312 g/mol. The molecule has 0 aromatic heterocycles. The summed E-state index contributed by atoms with van der Waals surface area (Å²) in [5, 5.41) is 5.77. The van der Waals surface area contributed by atoms with E-state index in [-0.39, 0.29) is 18.1 Å². The first-order chi connectivity index (χ1) is 11.2. The van der Waals surface area contributed by atoms with Crippen molar-refractivity contribution in [1.29, 1.82) is 0 Å². The number of amides is 1. The van der Waals surface area contributed by atoms with Crippen LogP contribution in [0, 0.1) is 0 Å². The number of ether oxygens (including phenoxy) is 1. The van der Waals surface area contributed by atoms with Gasteiger partial charge in [-0.05, 0) is 29.7 Å². The van der Waals surface area contributed by atoms with E-state index < -0.39 is 0 Å². The monoisotopic (exact) mass is 312 g/mol. The first kappa shape index (κ1) is 16.0. The minimum absolute atomic E-state index is 0.0729. The van der Waals surface area contributed by atoms with E-state index in [1.165, 1.54) is 16.3 Å². The number of morpholine rings is 1. The van der Waals surface area contributed by atoms with E-state index in [0.29, 0.717) is 13.2 Å². The van der Waals surface area contributed by atoms with E-state index in [1.54, 1.807) is 0 Å². The molecule has 3 rings (SSSR count). The van der Waals surface area contributed by atoms with Crippen LogP contribution in [0.1, 0.15) is 12.5 Å².